The number of likely N-dealkylation sites (tertiary alicyclic amines) is 1. The number of piperidine rings is 1. The summed E-state index contributed by atoms with van der Waals surface area (Å²) in [6.45, 7) is 7.55. The topological polar surface area (TPSA) is 55.8 Å². The summed E-state index contributed by atoms with van der Waals surface area (Å²) in [5.74, 6) is -0.530. The Morgan fingerprint density at radius 2 is 2.13 bits per heavy atom. The van der Waals surface area contributed by atoms with E-state index < -0.39 is 23.3 Å². The summed E-state index contributed by atoms with van der Waals surface area (Å²) in [6, 6.07) is 0. The predicted octanol–water partition coefficient (Wildman–Crippen LogP) is 3.58. The van der Waals surface area contributed by atoms with Gasteiger partial charge in [0.1, 0.15) is 5.60 Å². The fourth-order valence-corrected chi connectivity index (χ4v) is 3.31. The van der Waals surface area contributed by atoms with Gasteiger partial charge in [-0.25, -0.2) is 14.0 Å². The van der Waals surface area contributed by atoms with Crippen molar-refractivity contribution < 1.29 is 23.5 Å². The molecule has 2 fully saturated rings. The van der Waals surface area contributed by atoms with Crippen molar-refractivity contribution in [1.82, 2.24) is 4.90 Å². The van der Waals surface area contributed by atoms with Gasteiger partial charge in [-0.2, -0.15) is 0 Å². The van der Waals surface area contributed by atoms with E-state index in [0.717, 1.165) is 18.9 Å². The van der Waals surface area contributed by atoms with E-state index in [1.807, 2.05) is 0 Å². The number of nitrogens with zero attached hydrogens (tertiary/aromatic N) is 1. The molecule has 1 amide bonds. The first kappa shape index (κ1) is 17.8. The molecule has 2 aliphatic rings. The van der Waals surface area contributed by atoms with E-state index in [2.05, 4.69) is 0 Å². The van der Waals surface area contributed by atoms with Crippen molar-refractivity contribution in [2.45, 2.75) is 64.6 Å². The monoisotopic (exact) mass is 327 g/mol. The zero-order valence-electron chi connectivity index (χ0n) is 14.4. The number of rotatable bonds is 2. The van der Waals surface area contributed by atoms with Gasteiger partial charge in [0, 0.05) is 12.6 Å². The lowest BCUT2D eigenvalue weighted by Crippen LogP contribution is -2.52. The van der Waals surface area contributed by atoms with Gasteiger partial charge < -0.3 is 9.47 Å². The minimum Gasteiger partial charge on any atom is -0.463 e. The van der Waals surface area contributed by atoms with Gasteiger partial charge in [0.05, 0.1) is 12.3 Å². The van der Waals surface area contributed by atoms with Crippen molar-refractivity contribution in [2.24, 2.45) is 5.92 Å². The molecule has 1 saturated heterocycles. The van der Waals surface area contributed by atoms with Crippen molar-refractivity contribution in [3.05, 3.63) is 11.8 Å². The molecule has 23 heavy (non-hydrogen) atoms. The molecule has 0 N–H and O–H groups in total. The molecule has 1 aliphatic carbocycles. The number of esters is 1. The third-order valence-electron chi connectivity index (χ3n) is 4.14. The number of alkyl halides is 1. The van der Waals surface area contributed by atoms with E-state index >= 15 is 4.39 Å². The first-order chi connectivity index (χ1) is 10.6. The molecule has 2 rings (SSSR count). The molecular weight excluding hydrogens is 301 g/mol. The van der Waals surface area contributed by atoms with Crippen LogP contribution in [0.4, 0.5) is 9.18 Å². The van der Waals surface area contributed by atoms with Crippen LogP contribution in [0.3, 0.4) is 0 Å². The maximum absolute atomic E-state index is 15.4. The van der Waals surface area contributed by atoms with Gasteiger partial charge in [-0.3, -0.25) is 4.90 Å². The van der Waals surface area contributed by atoms with E-state index in [1.54, 1.807) is 27.7 Å². The van der Waals surface area contributed by atoms with E-state index in [-0.39, 0.29) is 18.2 Å². The highest BCUT2D eigenvalue weighted by Crippen LogP contribution is 2.46. The molecule has 0 spiro atoms. The van der Waals surface area contributed by atoms with Crippen molar-refractivity contribution in [2.75, 3.05) is 13.2 Å². The van der Waals surface area contributed by atoms with Gasteiger partial charge in [-0.1, -0.05) is 0 Å². The Bertz CT molecular complexity index is 511. The highest BCUT2D eigenvalue weighted by atomic mass is 19.1. The molecule has 2 unspecified atom stereocenters. The van der Waals surface area contributed by atoms with Gasteiger partial charge in [-0.05, 0) is 59.3 Å². The molecular formula is C17H26FNO4. The Hall–Kier alpha value is -1.59. The second-order valence-corrected chi connectivity index (χ2v) is 7.30. The maximum Gasteiger partial charge on any atom is 0.414 e. The first-order valence-corrected chi connectivity index (χ1v) is 8.23. The molecule has 5 nitrogen and oxygen atoms in total. The molecule has 1 saturated carbocycles. The number of ether oxygens (including phenoxy) is 2. The van der Waals surface area contributed by atoms with Crippen LogP contribution in [-0.2, 0) is 14.3 Å². The summed E-state index contributed by atoms with van der Waals surface area (Å²) >= 11 is 0. The summed E-state index contributed by atoms with van der Waals surface area (Å²) in [6.07, 6.45) is 2.81. The van der Waals surface area contributed by atoms with Crippen molar-refractivity contribution in [1.29, 1.82) is 0 Å². The SMILES string of the molecule is CCOC(=O)/C=C1/N(C(=O)OC(C)(C)C)CC2CCCC1(F)C2. The Morgan fingerprint density at radius 1 is 1.43 bits per heavy atom. The summed E-state index contributed by atoms with van der Waals surface area (Å²) in [5.41, 5.74) is -2.26. The lowest BCUT2D eigenvalue weighted by Gasteiger charge is -2.46. The fraction of sp³-hybridized carbons (Fsp3) is 0.765. The molecule has 2 atom stereocenters. The van der Waals surface area contributed by atoms with E-state index in [0.29, 0.717) is 19.4 Å². The second-order valence-electron chi connectivity index (χ2n) is 7.30. The number of halogens is 1. The number of amides is 1. The van der Waals surface area contributed by atoms with Crippen LogP contribution in [0, 0.1) is 5.92 Å². The lowest BCUT2D eigenvalue weighted by atomic mass is 9.73. The quantitative estimate of drug-likeness (QED) is 0.574. The van der Waals surface area contributed by atoms with Gasteiger partial charge >= 0.3 is 12.1 Å². The van der Waals surface area contributed by atoms with Crippen LogP contribution in [0.5, 0.6) is 0 Å². The van der Waals surface area contributed by atoms with Gasteiger partial charge in [-0.15, -0.1) is 0 Å². The number of carbonyl (C=O) groups is 2. The van der Waals surface area contributed by atoms with E-state index in [9.17, 15) is 9.59 Å². The van der Waals surface area contributed by atoms with Crippen molar-refractivity contribution in [3.8, 4) is 0 Å². The van der Waals surface area contributed by atoms with Crippen LogP contribution in [0.1, 0.15) is 53.4 Å². The minimum atomic E-state index is -1.66. The highest BCUT2D eigenvalue weighted by molar-refractivity contribution is 5.84. The fourth-order valence-electron chi connectivity index (χ4n) is 3.31. The number of allylic oxidation sites excluding steroid dienone is 1. The first-order valence-electron chi connectivity index (χ1n) is 8.23. The zero-order chi connectivity index (χ0) is 17.3. The van der Waals surface area contributed by atoms with Crippen LogP contribution < -0.4 is 0 Å². The number of fused-ring (bicyclic) bond motifs is 2. The summed E-state index contributed by atoms with van der Waals surface area (Å²) in [7, 11) is 0. The second kappa shape index (κ2) is 6.49. The predicted molar refractivity (Wildman–Crippen MR) is 83.5 cm³/mol. The van der Waals surface area contributed by atoms with Gasteiger partial charge in [0.2, 0.25) is 0 Å². The molecule has 130 valence electrons. The highest BCUT2D eigenvalue weighted by Gasteiger charge is 2.49. The largest absolute Gasteiger partial charge is 0.463 e. The summed E-state index contributed by atoms with van der Waals surface area (Å²) in [4.78, 5) is 25.6. The van der Waals surface area contributed by atoms with Crippen LogP contribution in [-0.4, -0.2) is 41.4 Å². The standard InChI is InChI=1S/C17H26FNO4/c1-5-22-14(20)9-13-17(18)8-6-7-12(10-17)11-19(13)15(21)23-16(2,3)4/h9,12H,5-8,10-11H2,1-4H3/b13-9+. The third kappa shape index (κ3) is 4.24. The van der Waals surface area contributed by atoms with Crippen LogP contribution in [0.15, 0.2) is 11.8 Å². The Labute approximate surface area is 136 Å². The van der Waals surface area contributed by atoms with Crippen molar-refractivity contribution >= 4 is 12.1 Å². The Kier molecular flexibility index (Phi) is 5.01. The summed E-state index contributed by atoms with van der Waals surface area (Å²) in [5, 5.41) is 0. The molecule has 0 aromatic rings. The van der Waals surface area contributed by atoms with E-state index in [1.165, 1.54) is 4.90 Å². The van der Waals surface area contributed by atoms with Crippen molar-refractivity contribution in [3.63, 3.8) is 0 Å². The van der Waals surface area contributed by atoms with Crippen LogP contribution in [0.25, 0.3) is 0 Å². The average molecular weight is 327 g/mol. The third-order valence-corrected chi connectivity index (χ3v) is 4.14. The number of hydrogen-bond acceptors (Lipinski definition) is 4. The normalized spacial score (nSPS) is 29.3. The van der Waals surface area contributed by atoms with Gasteiger partial charge in [0.15, 0.2) is 5.67 Å². The molecule has 0 aromatic heterocycles. The average Bonchev–Trinajstić information content (AvgIpc) is 2.40. The molecule has 1 aliphatic heterocycles. The molecule has 6 heteroatoms. The van der Waals surface area contributed by atoms with Crippen LogP contribution >= 0.6 is 0 Å². The smallest absolute Gasteiger partial charge is 0.414 e. The maximum atomic E-state index is 15.4. The number of hydrogen-bond donors (Lipinski definition) is 0. The molecule has 1 heterocycles. The molecule has 2 bridgehead atoms. The van der Waals surface area contributed by atoms with E-state index in [4.69, 9.17) is 9.47 Å². The Balaban J connectivity index is 2.32. The van der Waals surface area contributed by atoms with Gasteiger partial charge in [0.25, 0.3) is 0 Å². The zero-order valence-corrected chi connectivity index (χ0v) is 14.4. The molecule has 0 radical (unpaired) electrons. The summed E-state index contributed by atoms with van der Waals surface area (Å²) < 4.78 is 25.7. The Morgan fingerprint density at radius 3 is 2.74 bits per heavy atom. The minimum absolute atomic E-state index is 0.0844. The lowest BCUT2D eigenvalue weighted by molar-refractivity contribution is -0.137. The number of carbonyl (C=O) groups excluding carboxylic acids is 2. The van der Waals surface area contributed by atoms with Crippen LogP contribution in [0.2, 0.25) is 0 Å². The molecule has 0 aromatic carbocycles.